The lowest BCUT2D eigenvalue weighted by molar-refractivity contribution is -0.124. The number of thiazole rings is 1. The van der Waals surface area contributed by atoms with E-state index in [2.05, 4.69) is 22.6 Å². The van der Waals surface area contributed by atoms with E-state index in [1.165, 1.54) is 0 Å². The average Bonchev–Trinajstić information content (AvgIpc) is 3.44. The molecule has 4 rings (SSSR count). The van der Waals surface area contributed by atoms with E-state index in [1.54, 1.807) is 22.7 Å². The van der Waals surface area contributed by atoms with Crippen molar-refractivity contribution in [3.05, 3.63) is 57.7 Å². The molecule has 31 heavy (non-hydrogen) atoms. The zero-order valence-electron chi connectivity index (χ0n) is 18.0. The van der Waals surface area contributed by atoms with Gasteiger partial charge in [-0.1, -0.05) is 25.1 Å². The van der Waals surface area contributed by atoms with E-state index in [-0.39, 0.29) is 36.2 Å². The molecule has 1 N–H and O–H groups in total. The molecule has 0 saturated carbocycles. The number of nitrogens with zero attached hydrogens (tertiary/aromatic N) is 2. The number of fused-ring (bicyclic) bond motifs is 1. The van der Waals surface area contributed by atoms with Crippen LogP contribution in [0.25, 0.3) is 10.6 Å². The smallest absolute Gasteiger partial charge is 0.233 e. The molecule has 0 saturated heterocycles. The molecule has 162 valence electrons. The van der Waals surface area contributed by atoms with Gasteiger partial charge in [0.05, 0.1) is 18.0 Å². The van der Waals surface area contributed by atoms with E-state index in [4.69, 9.17) is 0 Å². The van der Waals surface area contributed by atoms with Gasteiger partial charge in [-0.2, -0.15) is 11.3 Å². The van der Waals surface area contributed by atoms with Crippen LogP contribution in [0.15, 0.2) is 46.5 Å². The second kappa shape index (κ2) is 9.32. The van der Waals surface area contributed by atoms with Crippen LogP contribution in [-0.2, 0) is 16.0 Å². The number of carbonyl (C=O) groups is 2. The van der Waals surface area contributed by atoms with Crippen LogP contribution < -0.4 is 10.2 Å². The molecule has 5 nitrogen and oxygen atoms in total. The summed E-state index contributed by atoms with van der Waals surface area (Å²) < 4.78 is 0. The van der Waals surface area contributed by atoms with Gasteiger partial charge in [-0.3, -0.25) is 9.59 Å². The van der Waals surface area contributed by atoms with Crippen LogP contribution in [-0.4, -0.2) is 28.9 Å². The van der Waals surface area contributed by atoms with E-state index in [1.807, 2.05) is 59.8 Å². The van der Waals surface area contributed by atoms with Crippen molar-refractivity contribution in [2.24, 2.45) is 0 Å². The Kier molecular flexibility index (Phi) is 6.53. The molecule has 0 bridgehead atoms. The second-order valence-electron chi connectivity index (χ2n) is 8.11. The maximum atomic E-state index is 13.3. The van der Waals surface area contributed by atoms with Crippen molar-refractivity contribution in [1.82, 2.24) is 10.3 Å². The lowest BCUT2D eigenvalue weighted by atomic mass is 9.85. The van der Waals surface area contributed by atoms with Crippen LogP contribution in [0, 0.1) is 0 Å². The fraction of sp³-hybridized carbons (Fsp3) is 0.375. The van der Waals surface area contributed by atoms with Gasteiger partial charge in [0, 0.05) is 34.1 Å². The highest BCUT2D eigenvalue weighted by atomic mass is 32.1. The molecule has 1 aromatic carbocycles. The van der Waals surface area contributed by atoms with Crippen molar-refractivity contribution in [3.63, 3.8) is 0 Å². The Hall–Kier alpha value is -2.51. The molecular formula is C24H27N3O2S2. The fourth-order valence-corrected chi connectivity index (χ4v) is 5.57. The van der Waals surface area contributed by atoms with Gasteiger partial charge in [-0.25, -0.2) is 4.98 Å². The van der Waals surface area contributed by atoms with Gasteiger partial charge in [0.25, 0.3) is 0 Å². The first-order valence-electron chi connectivity index (χ1n) is 10.7. The Morgan fingerprint density at radius 3 is 2.81 bits per heavy atom. The number of thiophene rings is 1. The average molecular weight is 454 g/mol. The topological polar surface area (TPSA) is 62.3 Å². The van der Waals surface area contributed by atoms with E-state index in [0.717, 1.165) is 33.9 Å². The molecule has 0 aliphatic carbocycles. The van der Waals surface area contributed by atoms with E-state index < -0.39 is 0 Å². The lowest BCUT2D eigenvalue weighted by Gasteiger charge is -2.39. The highest BCUT2D eigenvalue weighted by Gasteiger charge is 2.37. The number of nitrogens with one attached hydrogen (secondary N) is 1. The Bertz CT molecular complexity index is 1060. The van der Waals surface area contributed by atoms with Crippen LogP contribution >= 0.6 is 22.7 Å². The monoisotopic (exact) mass is 453 g/mol. The molecule has 7 heteroatoms. The summed E-state index contributed by atoms with van der Waals surface area (Å²) >= 11 is 3.21. The van der Waals surface area contributed by atoms with Crippen molar-refractivity contribution in [1.29, 1.82) is 0 Å². The number of amides is 2. The zero-order chi connectivity index (χ0) is 22.0. The fourth-order valence-electron chi connectivity index (χ4n) is 4.03. The number of carbonyl (C=O) groups excluding carboxylic acids is 2. The summed E-state index contributed by atoms with van der Waals surface area (Å²) in [6, 6.07) is 9.90. The minimum atomic E-state index is -0.242. The Balaban J connectivity index is 1.56. The highest BCUT2D eigenvalue weighted by molar-refractivity contribution is 7.14. The lowest BCUT2D eigenvalue weighted by Crippen LogP contribution is -2.47. The quantitative estimate of drug-likeness (QED) is 0.555. The molecule has 3 unspecified atom stereocenters. The number of para-hydroxylation sites is 1. The van der Waals surface area contributed by atoms with Gasteiger partial charge >= 0.3 is 0 Å². The first-order valence-corrected chi connectivity index (χ1v) is 12.5. The predicted octanol–water partition coefficient (Wildman–Crippen LogP) is 5.24. The Labute approximate surface area is 191 Å². The molecule has 3 heterocycles. The summed E-state index contributed by atoms with van der Waals surface area (Å²) in [5, 5.41) is 10.1. The van der Waals surface area contributed by atoms with Crippen LogP contribution in [0.5, 0.6) is 0 Å². The van der Waals surface area contributed by atoms with Crippen molar-refractivity contribution in [2.45, 2.75) is 58.0 Å². The molecule has 1 aliphatic rings. The molecule has 0 spiro atoms. The number of benzene rings is 1. The van der Waals surface area contributed by atoms with Gasteiger partial charge in [0.2, 0.25) is 11.8 Å². The maximum Gasteiger partial charge on any atom is 0.233 e. The summed E-state index contributed by atoms with van der Waals surface area (Å²) in [5.41, 5.74) is 3.65. The summed E-state index contributed by atoms with van der Waals surface area (Å²) in [5.74, 6) is -0.183. The normalized spacial score (nSPS) is 19.0. The third-order valence-corrected chi connectivity index (χ3v) is 7.45. The third-order valence-electron chi connectivity index (χ3n) is 5.83. The first kappa shape index (κ1) is 21.7. The minimum absolute atomic E-state index is 0.0166. The predicted molar refractivity (Wildman–Crippen MR) is 128 cm³/mol. The SMILES string of the molecule is CCC(C)NC(=O)C1CC(C)N(C(=O)Cc2csc(-c3ccsc3)n2)c2ccccc21. The highest BCUT2D eigenvalue weighted by Crippen LogP contribution is 2.39. The minimum Gasteiger partial charge on any atom is -0.353 e. The molecular weight excluding hydrogens is 426 g/mol. The van der Waals surface area contributed by atoms with Crippen molar-refractivity contribution >= 4 is 40.2 Å². The molecule has 3 aromatic rings. The number of hydrogen-bond acceptors (Lipinski definition) is 5. The number of anilines is 1. The van der Waals surface area contributed by atoms with Crippen LogP contribution in [0.4, 0.5) is 5.69 Å². The van der Waals surface area contributed by atoms with E-state index in [9.17, 15) is 9.59 Å². The Morgan fingerprint density at radius 1 is 1.26 bits per heavy atom. The van der Waals surface area contributed by atoms with Gasteiger partial charge in [-0.15, -0.1) is 11.3 Å². The largest absolute Gasteiger partial charge is 0.353 e. The number of hydrogen-bond donors (Lipinski definition) is 1. The van der Waals surface area contributed by atoms with Gasteiger partial charge < -0.3 is 10.2 Å². The molecule has 2 amide bonds. The van der Waals surface area contributed by atoms with Crippen molar-refractivity contribution in [3.8, 4) is 10.6 Å². The molecule has 1 aliphatic heterocycles. The summed E-state index contributed by atoms with van der Waals surface area (Å²) in [4.78, 5) is 32.8. The van der Waals surface area contributed by atoms with Gasteiger partial charge in [0.15, 0.2) is 0 Å². The standard InChI is InChI=1S/C24H27N3O2S2/c1-4-15(2)25-23(29)20-11-16(3)27(21-8-6-5-7-19(20)21)22(28)12-18-14-31-24(26-18)17-9-10-30-13-17/h5-10,13-16,20H,4,11-12H2,1-3H3,(H,25,29). The van der Waals surface area contributed by atoms with Crippen LogP contribution in [0.2, 0.25) is 0 Å². The third kappa shape index (κ3) is 4.57. The first-order chi connectivity index (χ1) is 15.0. The zero-order valence-corrected chi connectivity index (χ0v) is 19.6. The van der Waals surface area contributed by atoms with Crippen molar-refractivity contribution in [2.75, 3.05) is 4.90 Å². The second-order valence-corrected chi connectivity index (χ2v) is 9.75. The Morgan fingerprint density at radius 2 is 2.06 bits per heavy atom. The summed E-state index contributed by atoms with van der Waals surface area (Å²) in [7, 11) is 0. The number of rotatable bonds is 6. The van der Waals surface area contributed by atoms with Crippen LogP contribution in [0.1, 0.15) is 50.8 Å². The van der Waals surface area contributed by atoms with E-state index >= 15 is 0 Å². The summed E-state index contributed by atoms with van der Waals surface area (Å²) in [6.45, 7) is 6.10. The molecule has 2 aromatic heterocycles. The van der Waals surface area contributed by atoms with Gasteiger partial charge in [-0.05, 0) is 49.8 Å². The van der Waals surface area contributed by atoms with Crippen LogP contribution in [0.3, 0.4) is 0 Å². The number of aromatic nitrogens is 1. The molecule has 3 atom stereocenters. The van der Waals surface area contributed by atoms with Gasteiger partial charge in [0.1, 0.15) is 5.01 Å². The van der Waals surface area contributed by atoms with Crippen molar-refractivity contribution < 1.29 is 9.59 Å². The molecule has 0 fully saturated rings. The van der Waals surface area contributed by atoms with E-state index in [0.29, 0.717) is 6.42 Å². The molecule has 0 radical (unpaired) electrons. The maximum absolute atomic E-state index is 13.3. The summed E-state index contributed by atoms with van der Waals surface area (Å²) in [6.07, 6.45) is 1.76.